The quantitative estimate of drug-likeness (QED) is 0.195. The van der Waals surface area contributed by atoms with Gasteiger partial charge in [-0.15, -0.1) is 0 Å². The molecule has 1 heterocycles. The lowest BCUT2D eigenvalue weighted by Crippen LogP contribution is -2.52. The first-order chi connectivity index (χ1) is 15.1. The number of hydrazine groups is 1. The van der Waals surface area contributed by atoms with Gasteiger partial charge in [-0.3, -0.25) is 25.0 Å². The minimum absolute atomic E-state index is 0.0298. The predicted octanol–water partition coefficient (Wildman–Crippen LogP) is 1.13. The van der Waals surface area contributed by atoms with Gasteiger partial charge < -0.3 is 10.4 Å². The smallest absolute Gasteiger partial charge is 0.344 e. The number of carbonyl (C=O) groups excluding carboxylic acids is 4. The summed E-state index contributed by atoms with van der Waals surface area (Å²) >= 11 is 0. The number of nitrogens with one attached hydrogen (secondary N) is 3. The first-order valence-electron chi connectivity index (χ1n) is 10.8. The SMILES string of the molecule is CC(C)CC(C(=O)NN1C(=O)NC(C(C)O)C1=O)[C@@H](CCCc1ccccc1)C(=O)NO. The minimum Gasteiger partial charge on any atom is -0.391 e. The molecule has 4 atom stereocenters. The highest BCUT2D eigenvalue weighted by atomic mass is 16.5. The molecule has 2 rings (SSSR count). The van der Waals surface area contributed by atoms with Crippen LogP contribution in [0, 0.1) is 17.8 Å². The maximum atomic E-state index is 13.1. The Labute approximate surface area is 187 Å². The summed E-state index contributed by atoms with van der Waals surface area (Å²) in [6.45, 7) is 5.12. The molecule has 1 aromatic rings. The molecular formula is C22H32N4O6. The Kier molecular flexibility index (Phi) is 9.15. The van der Waals surface area contributed by atoms with Gasteiger partial charge in [0.15, 0.2) is 0 Å². The average Bonchev–Trinajstić information content (AvgIpc) is 3.04. The van der Waals surface area contributed by atoms with Crippen LogP contribution in [0.3, 0.4) is 0 Å². The highest BCUT2D eigenvalue weighted by Gasteiger charge is 2.43. The molecule has 0 aromatic heterocycles. The summed E-state index contributed by atoms with van der Waals surface area (Å²) in [5.74, 6) is -3.88. The van der Waals surface area contributed by atoms with Crippen LogP contribution in [-0.2, 0) is 20.8 Å². The average molecular weight is 449 g/mol. The van der Waals surface area contributed by atoms with Crippen LogP contribution in [0.4, 0.5) is 4.79 Å². The van der Waals surface area contributed by atoms with Gasteiger partial charge >= 0.3 is 6.03 Å². The maximum Gasteiger partial charge on any atom is 0.344 e. The van der Waals surface area contributed by atoms with Crippen LogP contribution >= 0.6 is 0 Å². The van der Waals surface area contributed by atoms with Gasteiger partial charge in [0.1, 0.15) is 6.04 Å². The zero-order chi connectivity index (χ0) is 23.8. The number of aliphatic hydroxyl groups excluding tert-OH is 1. The fraction of sp³-hybridized carbons (Fsp3) is 0.545. The highest BCUT2D eigenvalue weighted by Crippen LogP contribution is 2.27. The topological polar surface area (TPSA) is 148 Å². The first kappa shape index (κ1) is 25.3. The standard InChI is InChI=1S/C22H32N4O6/c1-13(2)12-17(19(28)24-26-21(30)18(14(3)27)23-22(26)31)16(20(29)25-32)11-7-10-15-8-5-4-6-9-15/h4-6,8-9,13-14,16-18,27,32H,7,10-12H2,1-3H3,(H,23,31)(H,24,28)(H,25,29)/t14?,16-,17?,18?/m1/s1. The van der Waals surface area contributed by atoms with Gasteiger partial charge in [0.05, 0.1) is 17.9 Å². The van der Waals surface area contributed by atoms with E-state index in [2.05, 4.69) is 10.7 Å². The lowest BCUT2D eigenvalue weighted by atomic mass is 9.81. The molecule has 10 heteroatoms. The van der Waals surface area contributed by atoms with Crippen molar-refractivity contribution < 1.29 is 29.5 Å². The third kappa shape index (κ3) is 6.51. The van der Waals surface area contributed by atoms with Gasteiger partial charge in [0.2, 0.25) is 11.8 Å². The number of carbonyl (C=O) groups is 4. The van der Waals surface area contributed by atoms with Crippen LogP contribution in [0.25, 0.3) is 0 Å². The van der Waals surface area contributed by atoms with Gasteiger partial charge in [0, 0.05) is 0 Å². The molecular weight excluding hydrogens is 416 g/mol. The molecule has 32 heavy (non-hydrogen) atoms. The minimum atomic E-state index is -1.16. The molecule has 0 radical (unpaired) electrons. The van der Waals surface area contributed by atoms with E-state index in [1.165, 1.54) is 6.92 Å². The molecule has 1 aliphatic rings. The largest absolute Gasteiger partial charge is 0.391 e. The molecule has 5 amide bonds. The van der Waals surface area contributed by atoms with Gasteiger partial charge in [-0.2, -0.15) is 5.01 Å². The summed E-state index contributed by atoms with van der Waals surface area (Å²) in [4.78, 5) is 50.0. The van der Waals surface area contributed by atoms with Crippen LogP contribution in [-0.4, -0.2) is 51.2 Å². The molecule has 3 unspecified atom stereocenters. The van der Waals surface area contributed by atoms with Gasteiger partial charge in [0.25, 0.3) is 5.91 Å². The number of nitrogens with zero attached hydrogens (tertiary/aromatic N) is 1. The second-order valence-corrected chi connectivity index (χ2v) is 8.51. The van der Waals surface area contributed by atoms with E-state index in [9.17, 15) is 29.5 Å². The lowest BCUT2D eigenvalue weighted by molar-refractivity contribution is -0.145. The Bertz CT molecular complexity index is 814. The van der Waals surface area contributed by atoms with Gasteiger partial charge in [-0.05, 0) is 44.1 Å². The van der Waals surface area contributed by atoms with Crippen molar-refractivity contribution in [2.75, 3.05) is 0 Å². The van der Waals surface area contributed by atoms with E-state index in [1.807, 2.05) is 44.2 Å². The summed E-state index contributed by atoms with van der Waals surface area (Å²) in [5.41, 5.74) is 5.03. The van der Waals surface area contributed by atoms with E-state index in [0.29, 0.717) is 30.7 Å². The fourth-order valence-corrected chi connectivity index (χ4v) is 3.85. The van der Waals surface area contributed by atoms with Crippen molar-refractivity contribution in [3.8, 4) is 0 Å². The molecule has 10 nitrogen and oxygen atoms in total. The van der Waals surface area contributed by atoms with E-state index < -0.39 is 47.7 Å². The third-order valence-corrected chi connectivity index (χ3v) is 5.49. The molecule has 1 fully saturated rings. The number of hydroxylamine groups is 1. The number of imide groups is 1. The second-order valence-electron chi connectivity index (χ2n) is 8.51. The summed E-state index contributed by atoms with van der Waals surface area (Å²) < 4.78 is 0. The van der Waals surface area contributed by atoms with Crippen LogP contribution in [0.2, 0.25) is 0 Å². The number of hydrogen-bond donors (Lipinski definition) is 5. The number of urea groups is 1. The normalized spacial score (nSPS) is 18.8. The molecule has 0 spiro atoms. The Morgan fingerprint density at radius 1 is 1.09 bits per heavy atom. The van der Waals surface area contributed by atoms with Crippen molar-refractivity contribution in [3.05, 3.63) is 35.9 Å². The number of hydrogen-bond acceptors (Lipinski definition) is 6. The maximum absolute atomic E-state index is 13.1. The number of rotatable bonds is 11. The number of amides is 5. The number of benzene rings is 1. The molecule has 0 aliphatic carbocycles. The van der Waals surface area contributed by atoms with E-state index in [0.717, 1.165) is 5.56 Å². The zero-order valence-electron chi connectivity index (χ0n) is 18.6. The van der Waals surface area contributed by atoms with E-state index in [4.69, 9.17) is 0 Å². The number of aliphatic hydroxyl groups is 1. The molecule has 5 N–H and O–H groups in total. The van der Waals surface area contributed by atoms with Crippen LogP contribution in [0.1, 0.15) is 45.6 Å². The van der Waals surface area contributed by atoms with Gasteiger partial charge in [-0.25, -0.2) is 10.3 Å². The summed E-state index contributed by atoms with van der Waals surface area (Å²) in [6.07, 6.45) is 0.777. The van der Waals surface area contributed by atoms with Gasteiger partial charge in [-0.1, -0.05) is 44.2 Å². The molecule has 0 bridgehead atoms. The molecule has 1 aromatic carbocycles. The lowest BCUT2D eigenvalue weighted by Gasteiger charge is -2.27. The van der Waals surface area contributed by atoms with Crippen molar-refractivity contribution in [1.82, 2.24) is 21.2 Å². The zero-order valence-corrected chi connectivity index (χ0v) is 18.6. The molecule has 1 aliphatic heterocycles. The van der Waals surface area contributed by atoms with E-state index in [-0.39, 0.29) is 5.92 Å². The van der Waals surface area contributed by atoms with Crippen molar-refractivity contribution in [2.45, 2.75) is 58.6 Å². The summed E-state index contributed by atoms with van der Waals surface area (Å²) in [6, 6.07) is 7.66. The van der Waals surface area contributed by atoms with Crippen LogP contribution < -0.4 is 16.2 Å². The molecule has 176 valence electrons. The second kappa shape index (κ2) is 11.6. The van der Waals surface area contributed by atoms with Crippen LogP contribution in [0.15, 0.2) is 30.3 Å². The van der Waals surface area contributed by atoms with Crippen molar-refractivity contribution in [3.63, 3.8) is 0 Å². The highest BCUT2D eigenvalue weighted by molar-refractivity contribution is 6.05. The van der Waals surface area contributed by atoms with Crippen LogP contribution in [0.5, 0.6) is 0 Å². The Hall–Kier alpha value is -2.98. The van der Waals surface area contributed by atoms with Crippen molar-refractivity contribution in [1.29, 1.82) is 0 Å². The molecule has 0 saturated carbocycles. The Morgan fingerprint density at radius 3 is 2.28 bits per heavy atom. The van der Waals surface area contributed by atoms with Crippen molar-refractivity contribution >= 4 is 23.8 Å². The van der Waals surface area contributed by atoms with E-state index >= 15 is 0 Å². The van der Waals surface area contributed by atoms with Crippen molar-refractivity contribution in [2.24, 2.45) is 17.8 Å². The molecule has 1 saturated heterocycles. The first-order valence-corrected chi connectivity index (χ1v) is 10.8. The summed E-state index contributed by atoms with van der Waals surface area (Å²) in [7, 11) is 0. The Balaban J connectivity index is 2.15. The summed E-state index contributed by atoms with van der Waals surface area (Å²) in [5, 5.41) is 21.8. The third-order valence-electron chi connectivity index (χ3n) is 5.49. The number of aryl methyl sites for hydroxylation is 1. The fourth-order valence-electron chi connectivity index (χ4n) is 3.85. The van der Waals surface area contributed by atoms with E-state index in [1.54, 1.807) is 5.48 Å². The monoisotopic (exact) mass is 448 g/mol. The Morgan fingerprint density at radius 2 is 1.75 bits per heavy atom. The predicted molar refractivity (Wildman–Crippen MR) is 115 cm³/mol.